The van der Waals surface area contributed by atoms with Crippen molar-refractivity contribution in [2.24, 2.45) is 0 Å². The fourth-order valence-electron chi connectivity index (χ4n) is 5.66. The van der Waals surface area contributed by atoms with E-state index in [1.54, 1.807) is 0 Å². The maximum atomic E-state index is 13.3. The average Bonchev–Trinajstić information content (AvgIpc) is 2.88. The van der Waals surface area contributed by atoms with E-state index >= 15 is 0 Å². The molecule has 0 aliphatic heterocycles. The third-order valence-corrected chi connectivity index (χ3v) is 8.36. The first-order valence-corrected chi connectivity index (χ1v) is 15.1. The third-order valence-electron chi connectivity index (χ3n) is 7.87. The Kier molecular flexibility index (Phi) is 11.1. The van der Waals surface area contributed by atoms with Gasteiger partial charge in [0.15, 0.2) is 0 Å². The molecule has 3 rings (SSSR count). The van der Waals surface area contributed by atoms with Crippen LogP contribution in [0.25, 0.3) is 5.70 Å². The summed E-state index contributed by atoms with van der Waals surface area (Å²) < 4.78 is 1.89. The van der Waals surface area contributed by atoms with E-state index in [0.29, 0.717) is 6.54 Å². The first-order chi connectivity index (χ1) is 18.5. The highest BCUT2D eigenvalue weighted by Crippen LogP contribution is 2.25. The smallest absolute Gasteiger partial charge is 0.216 e. The summed E-state index contributed by atoms with van der Waals surface area (Å²) in [4.78, 5) is 15.7. The first kappa shape index (κ1) is 30.8. The number of ketones is 1. The molecular formula is C35H46BrN2O+. The number of carbonyl (C=O) groups is 1. The van der Waals surface area contributed by atoms with Crippen molar-refractivity contribution in [1.82, 2.24) is 4.90 Å². The van der Waals surface area contributed by atoms with Crippen LogP contribution in [0.4, 0.5) is 0 Å². The van der Waals surface area contributed by atoms with Crippen molar-refractivity contribution in [3.63, 3.8) is 0 Å². The summed E-state index contributed by atoms with van der Waals surface area (Å²) in [6.45, 7) is 22.7. The van der Waals surface area contributed by atoms with Gasteiger partial charge in [0.1, 0.15) is 6.54 Å². The number of carbonyl (C=O) groups excluding carboxylic acids is 1. The fourth-order valence-corrected chi connectivity index (χ4v) is 6.06. The largest absolute Gasteiger partial charge is 0.367 e. The van der Waals surface area contributed by atoms with Gasteiger partial charge in [0.2, 0.25) is 5.78 Å². The lowest BCUT2D eigenvalue weighted by Gasteiger charge is -2.37. The second kappa shape index (κ2) is 14.1. The maximum absolute atomic E-state index is 13.3. The minimum atomic E-state index is 0.255. The summed E-state index contributed by atoms with van der Waals surface area (Å²) in [5, 5.41) is 0. The standard InChI is InChI=1S/C35H46BrN2O/c1-8-38(9-2,25-35(39)33-21-28(5)18-29(6)22-33)16-11-10-15-37(24-31-19-26(3)17-27(4)20-31)30(7)32-13-12-14-34(36)23-32/h12-14,17-23H,7-11,15-16,24-25H2,1-6H3/q+1. The van der Waals surface area contributed by atoms with Gasteiger partial charge in [0, 0.05) is 28.8 Å². The van der Waals surface area contributed by atoms with Crippen molar-refractivity contribution in [2.75, 3.05) is 32.7 Å². The molecule has 0 saturated heterocycles. The normalized spacial score (nSPS) is 11.5. The lowest BCUT2D eigenvalue weighted by molar-refractivity contribution is -0.917. The van der Waals surface area contributed by atoms with Crippen molar-refractivity contribution >= 4 is 27.4 Å². The molecule has 0 spiro atoms. The van der Waals surface area contributed by atoms with Crippen LogP contribution in [0.2, 0.25) is 0 Å². The Morgan fingerprint density at radius 2 is 1.41 bits per heavy atom. The number of likely N-dealkylation sites (N-methyl/N-ethyl adjacent to an activating group) is 1. The topological polar surface area (TPSA) is 20.3 Å². The van der Waals surface area contributed by atoms with Crippen LogP contribution in [-0.2, 0) is 6.54 Å². The molecule has 0 N–H and O–H groups in total. The van der Waals surface area contributed by atoms with E-state index in [1.165, 1.54) is 16.7 Å². The Hall–Kier alpha value is -2.69. The summed E-state index contributed by atoms with van der Waals surface area (Å²) in [6.07, 6.45) is 2.12. The number of quaternary nitrogens is 1. The predicted octanol–water partition coefficient (Wildman–Crippen LogP) is 8.68. The molecule has 0 bridgehead atoms. The van der Waals surface area contributed by atoms with Crippen LogP contribution in [-0.4, -0.2) is 47.9 Å². The zero-order valence-electron chi connectivity index (χ0n) is 24.8. The van der Waals surface area contributed by atoms with Gasteiger partial charge < -0.3 is 9.38 Å². The number of halogens is 1. The van der Waals surface area contributed by atoms with Crippen LogP contribution in [0.3, 0.4) is 0 Å². The van der Waals surface area contributed by atoms with Crippen LogP contribution in [0.1, 0.15) is 70.4 Å². The molecule has 39 heavy (non-hydrogen) atoms. The Bertz CT molecular complexity index is 1250. The Morgan fingerprint density at radius 3 is 1.97 bits per heavy atom. The monoisotopic (exact) mass is 589 g/mol. The molecule has 0 aromatic heterocycles. The van der Waals surface area contributed by atoms with Crippen molar-refractivity contribution in [3.05, 3.63) is 111 Å². The summed E-state index contributed by atoms with van der Waals surface area (Å²) in [7, 11) is 0. The highest BCUT2D eigenvalue weighted by Gasteiger charge is 2.27. The molecular weight excluding hydrogens is 544 g/mol. The fraction of sp³-hybridized carbons (Fsp3) is 0.400. The molecule has 0 unspecified atom stereocenters. The Labute approximate surface area is 245 Å². The molecule has 0 aliphatic rings. The third kappa shape index (κ3) is 8.91. The lowest BCUT2D eigenvalue weighted by Crippen LogP contribution is -2.51. The number of hydrogen-bond acceptors (Lipinski definition) is 2. The van der Waals surface area contributed by atoms with Gasteiger partial charge in [-0.05, 0) is 89.8 Å². The number of unbranched alkanes of at least 4 members (excludes halogenated alkanes) is 1. The molecule has 208 valence electrons. The molecule has 0 atom stereocenters. The van der Waals surface area contributed by atoms with Gasteiger partial charge in [0.25, 0.3) is 0 Å². The molecule has 3 aromatic rings. The molecule has 0 fully saturated rings. The van der Waals surface area contributed by atoms with E-state index in [2.05, 4.69) is 117 Å². The second-order valence-electron chi connectivity index (χ2n) is 11.2. The molecule has 3 aromatic carbocycles. The quantitative estimate of drug-likeness (QED) is 0.106. The average molecular weight is 591 g/mol. The highest BCUT2D eigenvalue weighted by atomic mass is 79.9. The molecule has 3 nitrogen and oxygen atoms in total. The summed E-state index contributed by atoms with van der Waals surface area (Å²) in [5.41, 5.74) is 9.24. The van der Waals surface area contributed by atoms with Gasteiger partial charge in [-0.2, -0.15) is 0 Å². The van der Waals surface area contributed by atoms with Gasteiger partial charge >= 0.3 is 0 Å². The Balaban J connectivity index is 1.70. The first-order valence-electron chi connectivity index (χ1n) is 14.3. The van der Waals surface area contributed by atoms with E-state index in [0.717, 1.165) is 82.5 Å². The highest BCUT2D eigenvalue weighted by molar-refractivity contribution is 9.10. The Morgan fingerprint density at radius 1 is 0.821 bits per heavy atom. The number of aryl methyl sites for hydroxylation is 4. The predicted molar refractivity (Wildman–Crippen MR) is 170 cm³/mol. The van der Waals surface area contributed by atoms with Crippen LogP contribution in [0.5, 0.6) is 0 Å². The zero-order valence-corrected chi connectivity index (χ0v) is 26.4. The second-order valence-corrected chi connectivity index (χ2v) is 12.2. The van der Waals surface area contributed by atoms with Gasteiger partial charge in [-0.15, -0.1) is 0 Å². The number of hydrogen-bond donors (Lipinski definition) is 0. The van der Waals surface area contributed by atoms with E-state index in [4.69, 9.17) is 0 Å². The minimum Gasteiger partial charge on any atom is -0.367 e. The van der Waals surface area contributed by atoms with E-state index < -0.39 is 0 Å². The molecule has 0 aliphatic carbocycles. The van der Waals surface area contributed by atoms with E-state index in [9.17, 15) is 4.79 Å². The maximum Gasteiger partial charge on any atom is 0.216 e. The van der Waals surface area contributed by atoms with Crippen molar-refractivity contribution in [3.8, 4) is 0 Å². The van der Waals surface area contributed by atoms with Crippen LogP contribution in [0.15, 0.2) is 71.7 Å². The molecule has 4 heteroatoms. The van der Waals surface area contributed by atoms with Gasteiger partial charge in [-0.25, -0.2) is 0 Å². The van der Waals surface area contributed by atoms with Gasteiger partial charge in [-0.1, -0.05) is 81.2 Å². The van der Waals surface area contributed by atoms with Gasteiger partial charge in [-0.3, -0.25) is 4.79 Å². The van der Waals surface area contributed by atoms with Crippen molar-refractivity contribution < 1.29 is 9.28 Å². The lowest BCUT2D eigenvalue weighted by atomic mass is 10.0. The molecule has 0 saturated carbocycles. The number of benzene rings is 3. The minimum absolute atomic E-state index is 0.255. The van der Waals surface area contributed by atoms with E-state index in [1.807, 2.05) is 12.1 Å². The molecule has 0 amide bonds. The van der Waals surface area contributed by atoms with Crippen molar-refractivity contribution in [2.45, 2.75) is 60.9 Å². The van der Waals surface area contributed by atoms with Crippen LogP contribution in [0, 0.1) is 27.7 Å². The van der Waals surface area contributed by atoms with E-state index in [-0.39, 0.29) is 5.78 Å². The summed E-state index contributed by atoms with van der Waals surface area (Å²) in [5.74, 6) is 0.255. The van der Waals surface area contributed by atoms with Crippen molar-refractivity contribution in [1.29, 1.82) is 0 Å². The number of Topliss-reactive ketones (excluding diaryl/α,β-unsaturated/α-hetero) is 1. The zero-order chi connectivity index (χ0) is 28.6. The van der Waals surface area contributed by atoms with Crippen LogP contribution >= 0.6 is 15.9 Å². The SMILES string of the molecule is C=C(c1cccc(Br)c1)N(CCCC[N+](CC)(CC)CC(=O)c1cc(C)cc(C)c1)Cc1cc(C)cc(C)c1. The summed E-state index contributed by atoms with van der Waals surface area (Å²) >= 11 is 3.62. The number of nitrogens with zero attached hydrogens (tertiary/aromatic N) is 2. The van der Waals surface area contributed by atoms with Gasteiger partial charge in [0.05, 0.1) is 19.6 Å². The number of rotatable bonds is 14. The molecule has 0 heterocycles. The molecule has 0 radical (unpaired) electrons. The van der Waals surface area contributed by atoms with Crippen LogP contribution < -0.4 is 0 Å². The summed E-state index contributed by atoms with van der Waals surface area (Å²) in [6, 6.07) is 21.4.